The lowest BCUT2D eigenvalue weighted by Gasteiger charge is -2.57. The molecule has 0 aromatic rings. The Morgan fingerprint density at radius 1 is 1.16 bits per heavy atom. The van der Waals surface area contributed by atoms with Gasteiger partial charge in [0, 0.05) is 25.6 Å². The lowest BCUT2D eigenvalue weighted by molar-refractivity contribution is -0.121. The molecule has 0 aromatic heterocycles. The number of fused-ring (bicyclic) bond motifs is 5. The van der Waals surface area contributed by atoms with Gasteiger partial charge in [0.2, 0.25) is 11.8 Å². The molecule has 4 heteroatoms. The summed E-state index contributed by atoms with van der Waals surface area (Å²) in [6.45, 7) is 7.29. The third-order valence-electron chi connectivity index (χ3n) is 8.36. The van der Waals surface area contributed by atoms with Crippen molar-refractivity contribution in [1.29, 1.82) is 0 Å². The molecule has 0 radical (unpaired) electrons. The van der Waals surface area contributed by atoms with Crippen LogP contribution in [0.25, 0.3) is 0 Å². The topological polar surface area (TPSA) is 58.2 Å². The molecule has 3 saturated carbocycles. The molecule has 3 aliphatic carbocycles. The van der Waals surface area contributed by atoms with Gasteiger partial charge in [-0.25, -0.2) is 0 Å². The summed E-state index contributed by atoms with van der Waals surface area (Å²) in [5, 5.41) is 6.29. The van der Waals surface area contributed by atoms with Crippen LogP contribution in [0.15, 0.2) is 11.6 Å². The average Bonchev–Trinajstić information content (AvgIpc) is 2.77. The summed E-state index contributed by atoms with van der Waals surface area (Å²) in [5.74, 6) is 2.36. The third kappa shape index (κ3) is 2.55. The Morgan fingerprint density at radius 3 is 2.72 bits per heavy atom. The first kappa shape index (κ1) is 17.1. The standard InChI is InChI=1S/C21H32N2O2/c1-13(24)23-18-7-6-16-15-5-4-14-12-19(25)22-11-10-20(14,2)17(15)8-9-21(16,18)3/h12,15-18H,4-11H2,1-3H3,(H,22,25)(H,23,24)/t15-,16-,17-,18-,20-,21+/m1/s1. The molecule has 0 saturated heterocycles. The van der Waals surface area contributed by atoms with Crippen LogP contribution in [0.1, 0.15) is 65.7 Å². The Balaban J connectivity index is 1.63. The van der Waals surface area contributed by atoms with Crippen LogP contribution in [0.4, 0.5) is 0 Å². The second kappa shape index (κ2) is 5.85. The van der Waals surface area contributed by atoms with E-state index >= 15 is 0 Å². The van der Waals surface area contributed by atoms with Crippen molar-refractivity contribution in [2.75, 3.05) is 6.54 Å². The summed E-state index contributed by atoms with van der Waals surface area (Å²) >= 11 is 0. The molecule has 6 atom stereocenters. The van der Waals surface area contributed by atoms with Crippen LogP contribution in [-0.2, 0) is 9.59 Å². The maximum Gasteiger partial charge on any atom is 0.243 e. The van der Waals surface area contributed by atoms with E-state index in [1.165, 1.54) is 31.3 Å². The monoisotopic (exact) mass is 344 g/mol. The van der Waals surface area contributed by atoms with Crippen molar-refractivity contribution >= 4 is 11.8 Å². The van der Waals surface area contributed by atoms with Gasteiger partial charge in [0.15, 0.2) is 0 Å². The van der Waals surface area contributed by atoms with Crippen LogP contribution in [0.2, 0.25) is 0 Å². The van der Waals surface area contributed by atoms with E-state index in [4.69, 9.17) is 0 Å². The van der Waals surface area contributed by atoms with E-state index in [-0.39, 0.29) is 22.6 Å². The fourth-order valence-corrected chi connectivity index (χ4v) is 7.05. The summed E-state index contributed by atoms with van der Waals surface area (Å²) in [6.07, 6.45) is 10.1. The Hall–Kier alpha value is -1.32. The van der Waals surface area contributed by atoms with E-state index in [1.807, 2.05) is 6.08 Å². The number of carbonyl (C=O) groups excluding carboxylic acids is 2. The summed E-state index contributed by atoms with van der Waals surface area (Å²) < 4.78 is 0. The lowest BCUT2D eigenvalue weighted by atomic mass is 9.48. The van der Waals surface area contributed by atoms with Gasteiger partial charge >= 0.3 is 0 Å². The van der Waals surface area contributed by atoms with E-state index in [0.29, 0.717) is 17.9 Å². The zero-order valence-corrected chi connectivity index (χ0v) is 15.9. The number of amides is 2. The Labute approximate surface area is 151 Å². The number of hydrogen-bond acceptors (Lipinski definition) is 2. The third-order valence-corrected chi connectivity index (χ3v) is 8.36. The van der Waals surface area contributed by atoms with E-state index in [2.05, 4.69) is 24.5 Å². The highest BCUT2D eigenvalue weighted by atomic mass is 16.2. The summed E-state index contributed by atoms with van der Waals surface area (Å²) in [5.41, 5.74) is 1.82. The molecule has 0 unspecified atom stereocenters. The number of carbonyl (C=O) groups is 2. The molecular formula is C21H32N2O2. The maximum absolute atomic E-state index is 12.0. The Kier molecular flexibility index (Phi) is 4.01. The van der Waals surface area contributed by atoms with Gasteiger partial charge in [-0.1, -0.05) is 19.4 Å². The zero-order valence-electron chi connectivity index (χ0n) is 15.9. The minimum Gasteiger partial charge on any atom is -0.353 e. The van der Waals surface area contributed by atoms with Crippen LogP contribution >= 0.6 is 0 Å². The van der Waals surface area contributed by atoms with Crippen molar-refractivity contribution in [3.63, 3.8) is 0 Å². The largest absolute Gasteiger partial charge is 0.353 e. The molecule has 4 aliphatic rings. The van der Waals surface area contributed by atoms with Crippen molar-refractivity contribution in [1.82, 2.24) is 10.6 Å². The first-order valence-electron chi connectivity index (χ1n) is 10.1. The minimum absolute atomic E-state index is 0.101. The molecule has 3 fully saturated rings. The van der Waals surface area contributed by atoms with Crippen molar-refractivity contribution in [2.24, 2.45) is 28.6 Å². The molecule has 0 bridgehead atoms. The van der Waals surface area contributed by atoms with Crippen LogP contribution in [0.3, 0.4) is 0 Å². The minimum atomic E-state index is 0.101. The molecule has 2 amide bonds. The van der Waals surface area contributed by atoms with E-state index in [0.717, 1.165) is 31.7 Å². The van der Waals surface area contributed by atoms with Crippen LogP contribution in [0.5, 0.6) is 0 Å². The first-order valence-corrected chi connectivity index (χ1v) is 10.1. The Morgan fingerprint density at radius 2 is 1.96 bits per heavy atom. The second-order valence-corrected chi connectivity index (χ2v) is 9.42. The SMILES string of the molecule is CC(=O)N[C@@H]1CC[C@@H]2[C@H]3CCC4=CC(=O)NCC[C@@]4(C)[C@@H]3CC[C@@]21C. The highest BCUT2D eigenvalue weighted by Gasteiger charge is 2.58. The molecule has 2 N–H and O–H groups in total. The second-order valence-electron chi connectivity index (χ2n) is 9.42. The molecule has 0 spiro atoms. The quantitative estimate of drug-likeness (QED) is 0.767. The van der Waals surface area contributed by atoms with E-state index < -0.39 is 0 Å². The van der Waals surface area contributed by atoms with Crippen LogP contribution < -0.4 is 10.6 Å². The summed E-state index contributed by atoms with van der Waals surface area (Å²) in [4.78, 5) is 23.6. The number of allylic oxidation sites excluding steroid dienone is 1. The zero-order chi connectivity index (χ0) is 17.8. The van der Waals surface area contributed by atoms with Gasteiger partial charge in [-0.3, -0.25) is 9.59 Å². The van der Waals surface area contributed by atoms with Gasteiger partial charge in [0.25, 0.3) is 0 Å². The number of hydrogen-bond donors (Lipinski definition) is 2. The van der Waals surface area contributed by atoms with Gasteiger partial charge in [0.1, 0.15) is 0 Å². The molecular weight excluding hydrogens is 312 g/mol. The molecule has 1 aliphatic heterocycles. The molecule has 1 heterocycles. The lowest BCUT2D eigenvalue weighted by Crippen LogP contribution is -2.53. The first-order chi connectivity index (χ1) is 11.8. The van der Waals surface area contributed by atoms with Crippen molar-refractivity contribution < 1.29 is 9.59 Å². The Bertz CT molecular complexity index is 627. The highest BCUT2D eigenvalue weighted by molar-refractivity contribution is 5.88. The number of nitrogens with one attached hydrogen (secondary N) is 2. The van der Waals surface area contributed by atoms with Crippen molar-refractivity contribution in [3.8, 4) is 0 Å². The predicted molar refractivity (Wildman–Crippen MR) is 97.7 cm³/mol. The van der Waals surface area contributed by atoms with E-state index in [9.17, 15) is 9.59 Å². The maximum atomic E-state index is 12.0. The molecule has 0 aromatic carbocycles. The molecule has 25 heavy (non-hydrogen) atoms. The molecule has 138 valence electrons. The normalized spacial score (nSPS) is 46.0. The van der Waals surface area contributed by atoms with Crippen molar-refractivity contribution in [2.45, 2.75) is 71.8 Å². The summed E-state index contributed by atoms with van der Waals surface area (Å²) in [7, 11) is 0. The van der Waals surface area contributed by atoms with Gasteiger partial charge in [-0.15, -0.1) is 0 Å². The smallest absolute Gasteiger partial charge is 0.243 e. The predicted octanol–water partition coefficient (Wildman–Crippen LogP) is 3.18. The number of rotatable bonds is 1. The summed E-state index contributed by atoms with van der Waals surface area (Å²) in [6, 6.07) is 0.345. The van der Waals surface area contributed by atoms with Gasteiger partial charge in [-0.2, -0.15) is 0 Å². The fourth-order valence-electron chi connectivity index (χ4n) is 7.05. The van der Waals surface area contributed by atoms with Gasteiger partial charge < -0.3 is 10.6 Å². The molecule has 4 nitrogen and oxygen atoms in total. The van der Waals surface area contributed by atoms with Crippen molar-refractivity contribution in [3.05, 3.63) is 11.6 Å². The van der Waals surface area contributed by atoms with Gasteiger partial charge in [-0.05, 0) is 73.5 Å². The highest BCUT2D eigenvalue weighted by Crippen LogP contribution is 2.64. The van der Waals surface area contributed by atoms with Crippen LogP contribution in [0, 0.1) is 28.6 Å². The van der Waals surface area contributed by atoms with E-state index in [1.54, 1.807) is 6.92 Å². The van der Waals surface area contributed by atoms with Crippen LogP contribution in [-0.4, -0.2) is 24.4 Å². The average molecular weight is 344 g/mol. The molecule has 4 rings (SSSR count). The fraction of sp³-hybridized carbons (Fsp3) is 0.810. The van der Waals surface area contributed by atoms with Gasteiger partial charge in [0.05, 0.1) is 0 Å².